The number of piperidine rings is 1. The van der Waals surface area contributed by atoms with E-state index in [0.29, 0.717) is 18.5 Å². The monoisotopic (exact) mass is 311 g/mol. The molecule has 21 heavy (non-hydrogen) atoms. The zero-order valence-corrected chi connectivity index (χ0v) is 13.6. The number of nitrogens with zero attached hydrogens (tertiary/aromatic N) is 1. The van der Waals surface area contributed by atoms with Crippen LogP contribution in [0, 0.1) is 5.92 Å². The summed E-state index contributed by atoms with van der Waals surface area (Å²) in [6.45, 7) is 5.17. The van der Waals surface area contributed by atoms with E-state index in [1.807, 2.05) is 6.07 Å². The van der Waals surface area contributed by atoms with Crippen LogP contribution in [0.15, 0.2) is 29.2 Å². The van der Waals surface area contributed by atoms with Crippen molar-refractivity contribution in [3.8, 4) is 0 Å². The molecule has 1 atom stereocenters. The summed E-state index contributed by atoms with van der Waals surface area (Å²) in [6, 6.07) is 7.25. The van der Waals surface area contributed by atoms with Gasteiger partial charge in [0.2, 0.25) is 10.0 Å². The van der Waals surface area contributed by atoms with Crippen molar-refractivity contribution in [3.05, 3.63) is 29.8 Å². The lowest BCUT2D eigenvalue weighted by Gasteiger charge is -2.33. The average Bonchev–Trinajstić information content (AvgIpc) is 2.45. The Morgan fingerprint density at radius 1 is 1.38 bits per heavy atom. The smallest absolute Gasteiger partial charge is 0.238 e. The molecule has 0 aliphatic carbocycles. The number of hydrogen-bond donors (Lipinski definition) is 2. The van der Waals surface area contributed by atoms with Gasteiger partial charge in [-0.25, -0.2) is 13.6 Å². The van der Waals surface area contributed by atoms with E-state index in [-0.39, 0.29) is 4.90 Å². The van der Waals surface area contributed by atoms with Crippen molar-refractivity contribution in [2.75, 3.05) is 20.1 Å². The zero-order valence-electron chi connectivity index (χ0n) is 12.7. The van der Waals surface area contributed by atoms with Gasteiger partial charge in [-0.3, -0.25) is 0 Å². The van der Waals surface area contributed by atoms with Crippen molar-refractivity contribution in [3.63, 3.8) is 0 Å². The molecule has 118 valence electrons. The van der Waals surface area contributed by atoms with Crippen LogP contribution in [-0.4, -0.2) is 39.5 Å². The molecule has 1 aromatic rings. The molecule has 2 rings (SSSR count). The van der Waals surface area contributed by atoms with Gasteiger partial charge in [-0.05, 0) is 63.5 Å². The number of nitrogens with two attached hydrogens (primary N) is 1. The Hall–Kier alpha value is -0.950. The van der Waals surface area contributed by atoms with Gasteiger partial charge in [-0.2, -0.15) is 0 Å². The number of hydrogen-bond acceptors (Lipinski definition) is 4. The first-order chi connectivity index (χ1) is 9.86. The molecule has 3 N–H and O–H groups in total. The largest absolute Gasteiger partial charge is 0.310 e. The summed E-state index contributed by atoms with van der Waals surface area (Å²) >= 11 is 0. The topological polar surface area (TPSA) is 75.4 Å². The summed E-state index contributed by atoms with van der Waals surface area (Å²) in [7, 11) is -1.46. The van der Waals surface area contributed by atoms with Gasteiger partial charge in [0.1, 0.15) is 0 Å². The average molecular weight is 311 g/mol. The van der Waals surface area contributed by atoms with Crippen LogP contribution in [0.3, 0.4) is 0 Å². The highest BCUT2D eigenvalue weighted by Crippen LogP contribution is 2.20. The second-order valence-electron chi connectivity index (χ2n) is 6.00. The maximum atomic E-state index is 11.4. The molecule has 1 fully saturated rings. The molecular formula is C15H25N3O2S. The highest BCUT2D eigenvalue weighted by Gasteiger charge is 2.21. The molecule has 1 saturated heterocycles. The van der Waals surface area contributed by atoms with E-state index < -0.39 is 10.0 Å². The third kappa shape index (κ3) is 4.78. The van der Waals surface area contributed by atoms with Crippen LogP contribution in [-0.2, 0) is 16.6 Å². The van der Waals surface area contributed by atoms with E-state index in [4.69, 9.17) is 5.14 Å². The quantitative estimate of drug-likeness (QED) is 0.855. The second-order valence-corrected chi connectivity index (χ2v) is 7.56. The number of sulfonamides is 1. The predicted octanol–water partition coefficient (Wildman–Crippen LogP) is 1.15. The van der Waals surface area contributed by atoms with E-state index in [1.165, 1.54) is 18.9 Å². The second kappa shape index (κ2) is 6.87. The zero-order chi connectivity index (χ0) is 15.5. The Balaban J connectivity index is 1.91. The maximum absolute atomic E-state index is 11.4. The lowest BCUT2D eigenvalue weighted by Crippen LogP contribution is -2.40. The Labute approximate surface area is 127 Å². The molecule has 0 saturated carbocycles. The summed E-state index contributed by atoms with van der Waals surface area (Å²) in [5, 5.41) is 8.67. The first kappa shape index (κ1) is 16.4. The van der Waals surface area contributed by atoms with Crippen LogP contribution in [0.25, 0.3) is 0 Å². The van der Waals surface area contributed by atoms with E-state index >= 15 is 0 Å². The third-order valence-electron chi connectivity index (χ3n) is 4.33. The van der Waals surface area contributed by atoms with Gasteiger partial charge in [0.25, 0.3) is 0 Å². The summed E-state index contributed by atoms with van der Waals surface area (Å²) in [4.78, 5) is 2.53. The SMILES string of the molecule is CC(NCc1cccc(S(N)(=O)=O)c1)C1CCN(C)CC1. The minimum atomic E-state index is -3.62. The number of benzene rings is 1. The van der Waals surface area contributed by atoms with E-state index in [0.717, 1.165) is 18.7 Å². The minimum absolute atomic E-state index is 0.175. The number of primary sulfonamides is 1. The first-order valence-electron chi connectivity index (χ1n) is 7.40. The molecule has 1 heterocycles. The summed E-state index contributed by atoms with van der Waals surface area (Å²) in [6.07, 6.45) is 2.42. The lowest BCUT2D eigenvalue weighted by molar-refractivity contribution is 0.189. The molecule has 0 radical (unpaired) electrons. The van der Waals surface area contributed by atoms with Gasteiger partial charge in [-0.1, -0.05) is 12.1 Å². The molecule has 6 heteroatoms. The highest BCUT2D eigenvalue weighted by atomic mass is 32.2. The summed E-state index contributed by atoms with van der Waals surface area (Å²) in [5.41, 5.74) is 0.946. The van der Waals surface area contributed by atoms with Gasteiger partial charge in [0.15, 0.2) is 0 Å². The Morgan fingerprint density at radius 2 is 2.05 bits per heavy atom. The van der Waals surface area contributed by atoms with Gasteiger partial charge < -0.3 is 10.2 Å². The van der Waals surface area contributed by atoms with Gasteiger partial charge >= 0.3 is 0 Å². The van der Waals surface area contributed by atoms with Crippen LogP contribution in [0.4, 0.5) is 0 Å². The molecule has 1 unspecified atom stereocenters. The third-order valence-corrected chi connectivity index (χ3v) is 5.24. The molecule has 0 aromatic heterocycles. The molecule has 1 aliphatic heterocycles. The van der Waals surface area contributed by atoms with Crippen LogP contribution in [0.1, 0.15) is 25.3 Å². The van der Waals surface area contributed by atoms with Crippen LogP contribution in [0.5, 0.6) is 0 Å². The fourth-order valence-electron chi connectivity index (χ4n) is 2.81. The lowest BCUT2D eigenvalue weighted by atomic mass is 9.90. The molecular weight excluding hydrogens is 286 g/mol. The van der Waals surface area contributed by atoms with Crippen LogP contribution < -0.4 is 10.5 Å². The van der Waals surface area contributed by atoms with Crippen molar-refractivity contribution in [1.82, 2.24) is 10.2 Å². The van der Waals surface area contributed by atoms with Crippen LogP contribution in [0.2, 0.25) is 0 Å². The van der Waals surface area contributed by atoms with Crippen molar-refractivity contribution in [2.24, 2.45) is 11.1 Å². The fourth-order valence-corrected chi connectivity index (χ4v) is 3.39. The summed E-state index contributed by atoms with van der Waals surface area (Å²) < 4.78 is 22.7. The first-order valence-corrected chi connectivity index (χ1v) is 8.94. The van der Waals surface area contributed by atoms with E-state index in [2.05, 4.69) is 24.2 Å². The van der Waals surface area contributed by atoms with Gasteiger partial charge in [-0.15, -0.1) is 0 Å². The molecule has 0 bridgehead atoms. The number of likely N-dealkylation sites (tertiary alicyclic amines) is 1. The molecule has 0 amide bonds. The predicted molar refractivity (Wildman–Crippen MR) is 84.3 cm³/mol. The standard InChI is InChI=1S/C15H25N3O2S/c1-12(14-6-8-18(2)9-7-14)17-11-13-4-3-5-15(10-13)21(16,19)20/h3-5,10,12,14,17H,6-9,11H2,1-2H3,(H2,16,19,20). The molecule has 5 nitrogen and oxygen atoms in total. The molecule has 1 aromatic carbocycles. The maximum Gasteiger partial charge on any atom is 0.238 e. The van der Waals surface area contributed by atoms with Crippen molar-refractivity contribution >= 4 is 10.0 Å². The fraction of sp³-hybridized carbons (Fsp3) is 0.600. The Kier molecular flexibility index (Phi) is 5.37. The highest BCUT2D eigenvalue weighted by molar-refractivity contribution is 7.89. The van der Waals surface area contributed by atoms with Crippen molar-refractivity contribution in [1.29, 1.82) is 0 Å². The number of nitrogens with one attached hydrogen (secondary N) is 1. The van der Waals surface area contributed by atoms with E-state index in [9.17, 15) is 8.42 Å². The Bertz CT molecular complexity index is 566. The summed E-state index contributed by atoms with van der Waals surface area (Å²) in [5.74, 6) is 0.683. The molecule has 0 spiro atoms. The van der Waals surface area contributed by atoms with Crippen molar-refractivity contribution < 1.29 is 8.42 Å². The van der Waals surface area contributed by atoms with Crippen LogP contribution >= 0.6 is 0 Å². The van der Waals surface area contributed by atoms with Gasteiger partial charge in [0.05, 0.1) is 4.90 Å². The van der Waals surface area contributed by atoms with Crippen molar-refractivity contribution in [2.45, 2.75) is 37.2 Å². The normalized spacial score (nSPS) is 19.6. The minimum Gasteiger partial charge on any atom is -0.310 e. The Morgan fingerprint density at radius 3 is 2.67 bits per heavy atom. The van der Waals surface area contributed by atoms with Gasteiger partial charge in [0, 0.05) is 12.6 Å². The molecule has 1 aliphatic rings. The number of rotatable bonds is 5. The van der Waals surface area contributed by atoms with E-state index in [1.54, 1.807) is 12.1 Å².